The molecule has 0 unspecified atom stereocenters. The summed E-state index contributed by atoms with van der Waals surface area (Å²) in [7, 11) is 0. The van der Waals surface area contributed by atoms with Gasteiger partial charge in [-0.15, -0.1) is 11.3 Å². The van der Waals surface area contributed by atoms with Crippen LogP contribution in [0.15, 0.2) is 29.6 Å². The highest BCUT2D eigenvalue weighted by Crippen LogP contribution is 2.26. The summed E-state index contributed by atoms with van der Waals surface area (Å²) in [5, 5.41) is 13.7. The van der Waals surface area contributed by atoms with Gasteiger partial charge in [-0.2, -0.15) is 0 Å². The van der Waals surface area contributed by atoms with Crippen molar-refractivity contribution < 1.29 is 14.7 Å². The normalized spacial score (nSPS) is 13.9. The third-order valence-corrected chi connectivity index (χ3v) is 4.46. The number of nitrogens with zero attached hydrogens (tertiary/aromatic N) is 1. The molecule has 3 rings (SSSR count). The van der Waals surface area contributed by atoms with Gasteiger partial charge >= 0.3 is 5.97 Å². The Kier molecular flexibility index (Phi) is 3.70. The summed E-state index contributed by atoms with van der Waals surface area (Å²) in [6.45, 7) is 0.281. The average molecular weight is 302 g/mol. The first kappa shape index (κ1) is 13.8. The quantitative estimate of drug-likeness (QED) is 0.903. The van der Waals surface area contributed by atoms with Crippen molar-refractivity contribution in [1.29, 1.82) is 0 Å². The highest BCUT2D eigenvalue weighted by Gasteiger charge is 2.26. The van der Waals surface area contributed by atoms with Crippen LogP contribution in [0.4, 0.5) is 0 Å². The number of carboxylic acids is 1. The standard InChI is InChI=1S/C15H14N2O3S/c18-14(11-5-9-3-1-2-4-10(9)6-11)16-7-13-17-12(8-21-13)15(19)20/h1-4,8,11H,5-7H2,(H,16,18)(H,19,20). The Balaban J connectivity index is 1.57. The molecule has 5 nitrogen and oxygen atoms in total. The van der Waals surface area contributed by atoms with E-state index in [-0.39, 0.29) is 24.1 Å². The smallest absolute Gasteiger partial charge is 0.355 e. The summed E-state index contributed by atoms with van der Waals surface area (Å²) in [6.07, 6.45) is 1.53. The maximum atomic E-state index is 12.2. The van der Waals surface area contributed by atoms with E-state index < -0.39 is 5.97 Å². The zero-order valence-corrected chi connectivity index (χ0v) is 12.0. The van der Waals surface area contributed by atoms with Crippen LogP contribution in [0.3, 0.4) is 0 Å². The maximum Gasteiger partial charge on any atom is 0.355 e. The van der Waals surface area contributed by atoms with E-state index in [0.717, 1.165) is 12.8 Å². The molecule has 1 aliphatic rings. The molecular weight excluding hydrogens is 288 g/mol. The summed E-state index contributed by atoms with van der Waals surface area (Å²) in [4.78, 5) is 26.9. The number of aromatic carboxylic acids is 1. The molecule has 0 saturated carbocycles. The molecule has 0 spiro atoms. The Hall–Kier alpha value is -2.21. The molecular formula is C15H14N2O3S. The van der Waals surface area contributed by atoms with E-state index in [2.05, 4.69) is 22.4 Å². The molecule has 1 aliphatic carbocycles. The third kappa shape index (κ3) is 2.95. The van der Waals surface area contributed by atoms with Crippen molar-refractivity contribution in [3.05, 3.63) is 51.5 Å². The second-order valence-corrected chi connectivity index (χ2v) is 5.97. The minimum absolute atomic E-state index is 0.00160. The molecule has 0 bridgehead atoms. The van der Waals surface area contributed by atoms with Gasteiger partial charge in [-0.25, -0.2) is 9.78 Å². The summed E-state index contributed by atoms with van der Waals surface area (Å²) >= 11 is 1.24. The predicted molar refractivity (Wildman–Crippen MR) is 78.3 cm³/mol. The van der Waals surface area contributed by atoms with Crippen LogP contribution in [0.1, 0.15) is 26.6 Å². The molecule has 2 aromatic rings. The molecule has 1 amide bonds. The maximum absolute atomic E-state index is 12.2. The van der Waals surface area contributed by atoms with Crippen LogP contribution >= 0.6 is 11.3 Å². The van der Waals surface area contributed by atoms with Gasteiger partial charge < -0.3 is 10.4 Å². The van der Waals surface area contributed by atoms with Crippen molar-refractivity contribution >= 4 is 23.2 Å². The molecule has 6 heteroatoms. The van der Waals surface area contributed by atoms with Crippen molar-refractivity contribution in [3.63, 3.8) is 0 Å². The van der Waals surface area contributed by atoms with Gasteiger partial charge in [0.1, 0.15) is 5.01 Å². The van der Waals surface area contributed by atoms with Crippen LogP contribution in [0, 0.1) is 5.92 Å². The molecule has 0 atom stereocenters. The number of aromatic nitrogens is 1. The lowest BCUT2D eigenvalue weighted by Gasteiger charge is -2.08. The molecule has 0 fully saturated rings. The molecule has 0 radical (unpaired) electrons. The first-order valence-electron chi connectivity index (χ1n) is 6.65. The zero-order valence-electron chi connectivity index (χ0n) is 11.2. The Morgan fingerprint density at radius 1 is 1.29 bits per heavy atom. The van der Waals surface area contributed by atoms with Crippen LogP contribution in [0.5, 0.6) is 0 Å². The largest absolute Gasteiger partial charge is 0.476 e. The highest BCUT2D eigenvalue weighted by atomic mass is 32.1. The molecule has 108 valence electrons. The van der Waals surface area contributed by atoms with Crippen LogP contribution in [-0.4, -0.2) is 22.0 Å². The van der Waals surface area contributed by atoms with Gasteiger partial charge in [0.25, 0.3) is 0 Å². The second kappa shape index (κ2) is 5.65. The number of amides is 1. The van der Waals surface area contributed by atoms with E-state index in [4.69, 9.17) is 5.11 Å². The van der Waals surface area contributed by atoms with E-state index in [1.807, 2.05) is 12.1 Å². The second-order valence-electron chi connectivity index (χ2n) is 5.02. The number of nitrogens with one attached hydrogen (secondary N) is 1. The molecule has 0 saturated heterocycles. The minimum Gasteiger partial charge on any atom is -0.476 e. The summed E-state index contributed by atoms with van der Waals surface area (Å²) in [5.74, 6) is -1.09. The van der Waals surface area contributed by atoms with E-state index in [1.54, 1.807) is 0 Å². The van der Waals surface area contributed by atoms with E-state index in [1.165, 1.54) is 27.8 Å². The summed E-state index contributed by atoms with van der Waals surface area (Å²) in [5.41, 5.74) is 2.50. The topological polar surface area (TPSA) is 79.3 Å². The van der Waals surface area contributed by atoms with Crippen LogP contribution < -0.4 is 5.32 Å². The Labute approximate surface area is 125 Å². The fraction of sp³-hybridized carbons (Fsp3) is 0.267. The van der Waals surface area contributed by atoms with Crippen LogP contribution in [0.25, 0.3) is 0 Å². The van der Waals surface area contributed by atoms with Gasteiger partial charge in [-0.05, 0) is 24.0 Å². The Bertz CT molecular complexity index is 671. The van der Waals surface area contributed by atoms with Crippen molar-refractivity contribution in [2.45, 2.75) is 19.4 Å². The lowest BCUT2D eigenvalue weighted by molar-refractivity contribution is -0.124. The van der Waals surface area contributed by atoms with Gasteiger partial charge in [0.05, 0.1) is 6.54 Å². The number of rotatable bonds is 4. The van der Waals surface area contributed by atoms with Gasteiger partial charge in [0.15, 0.2) is 5.69 Å². The fourth-order valence-electron chi connectivity index (χ4n) is 2.54. The number of carbonyl (C=O) groups excluding carboxylic acids is 1. The fourth-order valence-corrected chi connectivity index (χ4v) is 3.25. The summed E-state index contributed by atoms with van der Waals surface area (Å²) < 4.78 is 0. The van der Waals surface area contributed by atoms with Crippen molar-refractivity contribution in [3.8, 4) is 0 Å². The first-order valence-corrected chi connectivity index (χ1v) is 7.53. The number of fused-ring (bicyclic) bond motifs is 1. The SMILES string of the molecule is O=C(O)c1csc(CNC(=O)C2Cc3ccccc3C2)n1. The van der Waals surface area contributed by atoms with Crippen LogP contribution in [-0.2, 0) is 24.2 Å². The van der Waals surface area contributed by atoms with E-state index >= 15 is 0 Å². The lowest BCUT2D eigenvalue weighted by Crippen LogP contribution is -2.30. The van der Waals surface area contributed by atoms with Crippen molar-refractivity contribution in [1.82, 2.24) is 10.3 Å². The number of carbonyl (C=O) groups is 2. The third-order valence-electron chi connectivity index (χ3n) is 3.61. The Morgan fingerprint density at radius 2 is 1.95 bits per heavy atom. The average Bonchev–Trinajstić information content (AvgIpc) is 3.11. The number of hydrogen-bond acceptors (Lipinski definition) is 4. The van der Waals surface area contributed by atoms with Gasteiger partial charge in [0, 0.05) is 11.3 Å². The molecule has 1 aromatic carbocycles. The van der Waals surface area contributed by atoms with Crippen molar-refractivity contribution in [2.24, 2.45) is 5.92 Å². The van der Waals surface area contributed by atoms with Crippen molar-refractivity contribution in [2.75, 3.05) is 0 Å². The van der Waals surface area contributed by atoms with E-state index in [0.29, 0.717) is 5.01 Å². The molecule has 1 heterocycles. The number of hydrogen-bond donors (Lipinski definition) is 2. The minimum atomic E-state index is -1.05. The molecule has 0 aliphatic heterocycles. The zero-order chi connectivity index (χ0) is 14.8. The number of benzene rings is 1. The number of carboxylic acid groups (broad SMARTS) is 1. The molecule has 1 aromatic heterocycles. The monoisotopic (exact) mass is 302 g/mol. The first-order chi connectivity index (χ1) is 10.1. The van der Waals surface area contributed by atoms with Gasteiger partial charge in [0.2, 0.25) is 5.91 Å². The molecule has 2 N–H and O–H groups in total. The van der Waals surface area contributed by atoms with Crippen LogP contribution in [0.2, 0.25) is 0 Å². The lowest BCUT2D eigenvalue weighted by atomic mass is 10.1. The van der Waals surface area contributed by atoms with Gasteiger partial charge in [-0.1, -0.05) is 24.3 Å². The summed E-state index contributed by atoms with van der Waals surface area (Å²) in [6, 6.07) is 8.09. The van der Waals surface area contributed by atoms with E-state index in [9.17, 15) is 9.59 Å². The Morgan fingerprint density at radius 3 is 2.52 bits per heavy atom. The highest BCUT2D eigenvalue weighted by molar-refractivity contribution is 7.09. The molecule has 21 heavy (non-hydrogen) atoms. The predicted octanol–water partition coefficient (Wildman–Crippen LogP) is 1.87. The number of thiazole rings is 1. The van der Waals surface area contributed by atoms with Gasteiger partial charge in [-0.3, -0.25) is 4.79 Å².